The summed E-state index contributed by atoms with van der Waals surface area (Å²) in [6, 6.07) is 13.9. The minimum absolute atomic E-state index is 0.137. The van der Waals surface area contributed by atoms with Crippen LogP contribution in [0.15, 0.2) is 42.5 Å². The Bertz CT molecular complexity index is 690. The van der Waals surface area contributed by atoms with E-state index >= 15 is 0 Å². The van der Waals surface area contributed by atoms with Gasteiger partial charge in [-0.1, -0.05) is 24.3 Å². The second-order valence-electron chi connectivity index (χ2n) is 4.15. The van der Waals surface area contributed by atoms with Crippen LogP contribution in [0.25, 0.3) is 0 Å². The zero-order valence-electron chi connectivity index (χ0n) is 10.7. The molecule has 0 aliphatic heterocycles. The van der Waals surface area contributed by atoms with Gasteiger partial charge in [0.15, 0.2) is 5.75 Å². The quantitative estimate of drug-likeness (QED) is 0.825. The molecule has 1 amide bonds. The van der Waals surface area contributed by atoms with E-state index in [2.05, 4.69) is 6.07 Å². The lowest BCUT2D eigenvalue weighted by atomic mass is 10.1. The Hall–Kier alpha value is -3.00. The van der Waals surface area contributed by atoms with Crippen molar-refractivity contribution in [2.45, 2.75) is 6.61 Å². The van der Waals surface area contributed by atoms with Crippen LogP contribution in [0, 0.1) is 11.3 Å². The van der Waals surface area contributed by atoms with E-state index in [1.807, 2.05) is 6.07 Å². The van der Waals surface area contributed by atoms with Crippen molar-refractivity contribution in [2.24, 2.45) is 5.73 Å². The Morgan fingerprint density at radius 3 is 2.65 bits per heavy atom. The molecule has 0 aliphatic carbocycles. The lowest BCUT2D eigenvalue weighted by molar-refractivity contribution is 0.0996. The largest absolute Gasteiger partial charge is 0.486 e. The van der Waals surface area contributed by atoms with Crippen molar-refractivity contribution in [3.8, 4) is 11.8 Å². The molecule has 0 fully saturated rings. The molecule has 0 saturated heterocycles. The molecule has 0 aliphatic rings. The van der Waals surface area contributed by atoms with Gasteiger partial charge in [0, 0.05) is 5.56 Å². The Balaban J connectivity index is 2.28. The first-order chi connectivity index (χ1) is 9.63. The molecular weight excluding hydrogens is 254 g/mol. The SMILES string of the molecule is N#Cc1ccccc1COc1c(N)cccc1C(N)=O. The molecule has 2 aromatic carbocycles. The van der Waals surface area contributed by atoms with Crippen molar-refractivity contribution >= 4 is 11.6 Å². The molecule has 0 heterocycles. The Morgan fingerprint density at radius 2 is 1.95 bits per heavy atom. The van der Waals surface area contributed by atoms with Crippen molar-refractivity contribution in [1.29, 1.82) is 5.26 Å². The van der Waals surface area contributed by atoms with Crippen LogP contribution in [0.5, 0.6) is 5.75 Å². The molecule has 4 N–H and O–H groups in total. The monoisotopic (exact) mass is 267 g/mol. The number of carbonyl (C=O) groups excluding carboxylic acids is 1. The molecule has 5 heteroatoms. The molecule has 0 radical (unpaired) electrons. The highest BCUT2D eigenvalue weighted by Gasteiger charge is 2.13. The summed E-state index contributed by atoms with van der Waals surface area (Å²) in [4.78, 5) is 11.3. The van der Waals surface area contributed by atoms with Crippen molar-refractivity contribution in [3.05, 3.63) is 59.2 Å². The number of hydrogen-bond donors (Lipinski definition) is 2. The standard InChI is InChI=1S/C15H13N3O2/c16-8-10-4-1-2-5-11(10)9-20-14-12(15(18)19)6-3-7-13(14)17/h1-7H,9,17H2,(H2,18,19). The molecule has 100 valence electrons. The Morgan fingerprint density at radius 1 is 1.20 bits per heavy atom. The predicted octanol–water partition coefficient (Wildman–Crippen LogP) is 1.82. The summed E-state index contributed by atoms with van der Waals surface area (Å²) in [5.41, 5.74) is 12.9. The number of anilines is 1. The van der Waals surface area contributed by atoms with Crippen LogP contribution in [0.2, 0.25) is 0 Å². The maximum atomic E-state index is 11.3. The fraction of sp³-hybridized carbons (Fsp3) is 0.0667. The zero-order chi connectivity index (χ0) is 14.5. The average molecular weight is 267 g/mol. The number of carbonyl (C=O) groups is 1. The lowest BCUT2D eigenvalue weighted by Gasteiger charge is -2.12. The zero-order valence-corrected chi connectivity index (χ0v) is 10.7. The van der Waals surface area contributed by atoms with Crippen LogP contribution >= 0.6 is 0 Å². The van der Waals surface area contributed by atoms with Gasteiger partial charge in [-0.3, -0.25) is 4.79 Å². The smallest absolute Gasteiger partial charge is 0.252 e. The normalized spacial score (nSPS) is 9.75. The number of nitrogens with zero attached hydrogens (tertiary/aromatic N) is 1. The van der Waals surface area contributed by atoms with E-state index in [-0.39, 0.29) is 17.9 Å². The maximum Gasteiger partial charge on any atom is 0.252 e. The molecule has 0 saturated carbocycles. The first kappa shape index (κ1) is 13.4. The van der Waals surface area contributed by atoms with Gasteiger partial charge in [0.1, 0.15) is 6.61 Å². The molecule has 20 heavy (non-hydrogen) atoms. The number of nitrogens with two attached hydrogens (primary N) is 2. The van der Waals surface area contributed by atoms with Gasteiger partial charge in [0.25, 0.3) is 5.91 Å². The van der Waals surface area contributed by atoms with E-state index in [1.165, 1.54) is 0 Å². The molecule has 5 nitrogen and oxygen atoms in total. The van der Waals surface area contributed by atoms with Gasteiger partial charge >= 0.3 is 0 Å². The van der Waals surface area contributed by atoms with Crippen molar-refractivity contribution in [2.75, 3.05) is 5.73 Å². The fourth-order valence-corrected chi connectivity index (χ4v) is 1.82. The second-order valence-corrected chi connectivity index (χ2v) is 4.15. The predicted molar refractivity (Wildman–Crippen MR) is 74.9 cm³/mol. The molecule has 0 atom stereocenters. The number of ether oxygens (including phenoxy) is 1. The van der Waals surface area contributed by atoms with E-state index in [4.69, 9.17) is 21.5 Å². The number of nitrogen functional groups attached to an aromatic ring is 1. The highest BCUT2D eigenvalue weighted by Crippen LogP contribution is 2.27. The number of para-hydroxylation sites is 1. The third kappa shape index (κ3) is 2.70. The van der Waals surface area contributed by atoms with E-state index < -0.39 is 5.91 Å². The van der Waals surface area contributed by atoms with Crippen molar-refractivity contribution < 1.29 is 9.53 Å². The minimum Gasteiger partial charge on any atom is -0.486 e. The molecule has 0 unspecified atom stereocenters. The molecule has 0 bridgehead atoms. The van der Waals surface area contributed by atoms with Gasteiger partial charge in [-0.15, -0.1) is 0 Å². The van der Waals surface area contributed by atoms with E-state index in [1.54, 1.807) is 36.4 Å². The summed E-state index contributed by atoms with van der Waals surface area (Å²) in [5, 5.41) is 9.01. The summed E-state index contributed by atoms with van der Waals surface area (Å²) in [7, 11) is 0. The second kappa shape index (κ2) is 5.76. The first-order valence-electron chi connectivity index (χ1n) is 5.92. The number of amides is 1. The summed E-state index contributed by atoms with van der Waals surface area (Å²) in [6.45, 7) is 0.137. The van der Waals surface area contributed by atoms with Gasteiger partial charge in [-0.25, -0.2) is 0 Å². The molecule has 2 aromatic rings. The summed E-state index contributed by atoms with van der Waals surface area (Å²) in [6.07, 6.45) is 0. The number of hydrogen-bond acceptors (Lipinski definition) is 4. The van der Waals surface area contributed by atoms with Crippen LogP contribution in [-0.4, -0.2) is 5.91 Å². The first-order valence-corrected chi connectivity index (χ1v) is 5.92. The van der Waals surface area contributed by atoms with Crippen LogP contribution in [0.3, 0.4) is 0 Å². The number of primary amides is 1. The highest BCUT2D eigenvalue weighted by molar-refractivity contribution is 5.97. The van der Waals surface area contributed by atoms with Crippen molar-refractivity contribution in [1.82, 2.24) is 0 Å². The maximum absolute atomic E-state index is 11.3. The van der Waals surface area contributed by atoms with Crippen LogP contribution in [0.1, 0.15) is 21.5 Å². The number of rotatable bonds is 4. The van der Waals surface area contributed by atoms with E-state index in [0.29, 0.717) is 16.8 Å². The van der Waals surface area contributed by atoms with Gasteiger partial charge in [0.2, 0.25) is 0 Å². The number of nitriles is 1. The van der Waals surface area contributed by atoms with E-state index in [0.717, 1.165) is 0 Å². The van der Waals surface area contributed by atoms with Crippen LogP contribution in [-0.2, 0) is 6.61 Å². The van der Waals surface area contributed by atoms with Crippen molar-refractivity contribution in [3.63, 3.8) is 0 Å². The summed E-state index contributed by atoms with van der Waals surface area (Å²) in [5.74, 6) is -0.367. The number of benzene rings is 2. The highest BCUT2D eigenvalue weighted by atomic mass is 16.5. The molecular formula is C15H13N3O2. The van der Waals surface area contributed by atoms with Crippen LogP contribution < -0.4 is 16.2 Å². The Labute approximate surface area is 116 Å². The topological polar surface area (TPSA) is 102 Å². The fourth-order valence-electron chi connectivity index (χ4n) is 1.82. The molecule has 0 aromatic heterocycles. The lowest BCUT2D eigenvalue weighted by Crippen LogP contribution is -2.14. The molecule has 0 spiro atoms. The third-order valence-electron chi connectivity index (χ3n) is 2.82. The van der Waals surface area contributed by atoms with Gasteiger partial charge < -0.3 is 16.2 Å². The summed E-state index contributed by atoms with van der Waals surface area (Å²) < 4.78 is 5.58. The van der Waals surface area contributed by atoms with Gasteiger partial charge in [-0.2, -0.15) is 5.26 Å². The molecule has 2 rings (SSSR count). The summed E-state index contributed by atoms with van der Waals surface area (Å²) >= 11 is 0. The minimum atomic E-state index is -0.610. The van der Waals surface area contributed by atoms with Gasteiger partial charge in [-0.05, 0) is 18.2 Å². The van der Waals surface area contributed by atoms with Gasteiger partial charge in [0.05, 0.1) is 22.9 Å². The third-order valence-corrected chi connectivity index (χ3v) is 2.82. The Kier molecular flexibility index (Phi) is 3.87. The van der Waals surface area contributed by atoms with E-state index in [9.17, 15) is 4.79 Å². The average Bonchev–Trinajstić information content (AvgIpc) is 2.46. The van der Waals surface area contributed by atoms with Crippen LogP contribution in [0.4, 0.5) is 5.69 Å².